The van der Waals surface area contributed by atoms with Crippen molar-refractivity contribution in [1.29, 1.82) is 0 Å². The van der Waals surface area contributed by atoms with Crippen molar-refractivity contribution in [3.63, 3.8) is 0 Å². The zero-order valence-corrected chi connectivity index (χ0v) is 17.2. The van der Waals surface area contributed by atoms with E-state index in [1.54, 1.807) is 23.9 Å². The van der Waals surface area contributed by atoms with Gasteiger partial charge in [-0.25, -0.2) is 4.79 Å². The van der Waals surface area contributed by atoms with Gasteiger partial charge in [0.25, 0.3) is 0 Å². The van der Waals surface area contributed by atoms with Gasteiger partial charge < -0.3 is 14.4 Å². The third kappa shape index (κ3) is 3.50. The van der Waals surface area contributed by atoms with Gasteiger partial charge in [0, 0.05) is 42.4 Å². The molecule has 2 fully saturated rings. The predicted octanol–water partition coefficient (Wildman–Crippen LogP) is 3.88. The third-order valence-corrected chi connectivity index (χ3v) is 6.71. The zero-order valence-electron chi connectivity index (χ0n) is 16.4. The summed E-state index contributed by atoms with van der Waals surface area (Å²) in [7, 11) is 0. The molecular formula is C21H24N4O3S. The molecule has 1 saturated heterocycles. The van der Waals surface area contributed by atoms with Gasteiger partial charge in [-0.1, -0.05) is 18.7 Å². The molecule has 0 amide bonds. The fourth-order valence-electron chi connectivity index (χ4n) is 4.00. The molecule has 0 radical (unpaired) electrons. The van der Waals surface area contributed by atoms with Gasteiger partial charge in [0.2, 0.25) is 5.95 Å². The largest absolute Gasteiger partial charge is 0.508 e. The Balaban J connectivity index is 1.47. The minimum absolute atomic E-state index is 0.164. The number of phenols is 1. The molecule has 1 N–H and O–H groups in total. The number of rotatable bonds is 6. The van der Waals surface area contributed by atoms with Crippen LogP contribution >= 0.6 is 11.8 Å². The average Bonchev–Trinajstić information content (AvgIpc) is 3.23. The Morgan fingerprint density at radius 1 is 1.17 bits per heavy atom. The molecule has 1 aromatic carbocycles. The monoisotopic (exact) mass is 412 g/mol. The minimum atomic E-state index is -0.404. The van der Waals surface area contributed by atoms with Crippen molar-refractivity contribution in [2.75, 3.05) is 18.0 Å². The van der Waals surface area contributed by atoms with Gasteiger partial charge in [0.05, 0.1) is 0 Å². The average molecular weight is 413 g/mol. The van der Waals surface area contributed by atoms with Gasteiger partial charge in [-0.2, -0.15) is 0 Å². The van der Waals surface area contributed by atoms with Crippen molar-refractivity contribution in [3.05, 3.63) is 39.7 Å². The number of aryl methyl sites for hydroxylation is 1. The molecule has 152 valence electrons. The number of aromatic hydroxyl groups is 1. The van der Waals surface area contributed by atoms with E-state index in [9.17, 15) is 9.90 Å². The normalized spacial score (nSPS) is 16.8. The first kappa shape index (κ1) is 18.5. The van der Waals surface area contributed by atoms with Crippen LogP contribution < -0.4 is 10.5 Å². The van der Waals surface area contributed by atoms with E-state index in [-0.39, 0.29) is 5.75 Å². The van der Waals surface area contributed by atoms with E-state index < -0.39 is 5.63 Å². The van der Waals surface area contributed by atoms with Gasteiger partial charge in [-0.05, 0) is 49.3 Å². The van der Waals surface area contributed by atoms with E-state index in [0.29, 0.717) is 23.8 Å². The molecule has 1 aliphatic heterocycles. The number of nitrogens with zero attached hydrogens (tertiary/aromatic N) is 4. The topological polar surface area (TPSA) is 84.4 Å². The maximum Gasteiger partial charge on any atom is 0.336 e. The van der Waals surface area contributed by atoms with E-state index in [2.05, 4.69) is 19.7 Å². The number of aromatic nitrogens is 3. The van der Waals surface area contributed by atoms with Crippen LogP contribution in [-0.4, -0.2) is 33.0 Å². The molecule has 1 saturated carbocycles. The van der Waals surface area contributed by atoms with Gasteiger partial charge in [0.15, 0.2) is 5.16 Å². The molecule has 0 bridgehead atoms. The molecule has 0 spiro atoms. The second-order valence-electron chi connectivity index (χ2n) is 7.79. The van der Waals surface area contributed by atoms with Crippen LogP contribution in [-0.2, 0) is 12.2 Å². The SMILES string of the molecule is CCc1cc2c(CSc3nnc(N4CCCC4)n3C3CC3)cc(=O)oc2cc1O. The predicted molar refractivity (Wildman–Crippen MR) is 113 cm³/mol. The summed E-state index contributed by atoms with van der Waals surface area (Å²) < 4.78 is 7.60. The second kappa shape index (κ2) is 7.40. The second-order valence-corrected chi connectivity index (χ2v) is 8.73. The molecule has 0 atom stereocenters. The van der Waals surface area contributed by atoms with Crippen LogP contribution in [0.2, 0.25) is 0 Å². The van der Waals surface area contributed by atoms with E-state index >= 15 is 0 Å². The van der Waals surface area contributed by atoms with Crippen molar-refractivity contribution in [2.45, 2.75) is 56.0 Å². The molecule has 1 aliphatic carbocycles. The van der Waals surface area contributed by atoms with E-state index in [1.165, 1.54) is 25.7 Å². The molecule has 7 nitrogen and oxygen atoms in total. The number of phenolic OH excluding ortho intramolecular Hbond substituents is 1. The number of hydrogen-bond donors (Lipinski definition) is 1. The van der Waals surface area contributed by atoms with Crippen LogP contribution in [0.1, 0.15) is 49.8 Å². The maximum atomic E-state index is 12.0. The molecule has 0 unspecified atom stereocenters. The van der Waals surface area contributed by atoms with Crippen LogP contribution in [0.15, 0.2) is 32.6 Å². The Morgan fingerprint density at radius 3 is 2.69 bits per heavy atom. The van der Waals surface area contributed by atoms with Crippen LogP contribution in [0.3, 0.4) is 0 Å². The van der Waals surface area contributed by atoms with E-state index in [1.807, 2.05) is 13.0 Å². The van der Waals surface area contributed by atoms with Gasteiger partial charge >= 0.3 is 5.63 Å². The first-order valence-corrected chi connectivity index (χ1v) is 11.2. The van der Waals surface area contributed by atoms with Crippen molar-refractivity contribution in [3.8, 4) is 5.75 Å². The molecule has 3 heterocycles. The molecule has 5 rings (SSSR count). The van der Waals surface area contributed by atoms with Crippen molar-refractivity contribution >= 4 is 28.7 Å². The van der Waals surface area contributed by atoms with Crippen LogP contribution in [0.25, 0.3) is 11.0 Å². The number of thioether (sulfide) groups is 1. The Hall–Kier alpha value is -2.48. The number of benzene rings is 1. The number of fused-ring (bicyclic) bond motifs is 1. The molecule has 2 aliphatic rings. The summed E-state index contributed by atoms with van der Waals surface area (Å²) in [5.41, 5.74) is 1.75. The first-order valence-electron chi connectivity index (χ1n) is 10.3. The van der Waals surface area contributed by atoms with E-state index in [0.717, 1.165) is 40.7 Å². The first-order chi connectivity index (χ1) is 14.1. The Kier molecular flexibility index (Phi) is 4.73. The van der Waals surface area contributed by atoms with Crippen LogP contribution in [0, 0.1) is 0 Å². The summed E-state index contributed by atoms with van der Waals surface area (Å²) in [6.45, 7) is 4.08. The van der Waals surface area contributed by atoms with Gasteiger partial charge in [-0.15, -0.1) is 10.2 Å². The third-order valence-electron chi connectivity index (χ3n) is 5.71. The lowest BCUT2D eigenvalue weighted by Crippen LogP contribution is -2.22. The molecule has 8 heteroatoms. The van der Waals surface area contributed by atoms with Gasteiger partial charge in [-0.3, -0.25) is 4.57 Å². The summed E-state index contributed by atoms with van der Waals surface area (Å²) >= 11 is 1.61. The highest BCUT2D eigenvalue weighted by Gasteiger charge is 2.32. The van der Waals surface area contributed by atoms with Crippen LogP contribution in [0.5, 0.6) is 5.75 Å². The van der Waals surface area contributed by atoms with E-state index in [4.69, 9.17) is 4.42 Å². The lowest BCUT2D eigenvalue weighted by atomic mass is 10.1. The highest BCUT2D eigenvalue weighted by atomic mass is 32.2. The summed E-state index contributed by atoms with van der Waals surface area (Å²) in [6, 6.07) is 5.50. The summed E-state index contributed by atoms with van der Waals surface area (Å²) in [6.07, 6.45) is 5.46. The Bertz CT molecular complexity index is 1110. The van der Waals surface area contributed by atoms with Crippen LogP contribution in [0.4, 0.5) is 5.95 Å². The van der Waals surface area contributed by atoms with Crippen molar-refractivity contribution in [2.24, 2.45) is 0 Å². The Morgan fingerprint density at radius 2 is 1.97 bits per heavy atom. The Labute approximate surface area is 172 Å². The van der Waals surface area contributed by atoms with Gasteiger partial charge in [0.1, 0.15) is 11.3 Å². The molecular weight excluding hydrogens is 388 g/mol. The quantitative estimate of drug-likeness (QED) is 0.486. The number of hydrogen-bond acceptors (Lipinski definition) is 7. The van der Waals surface area contributed by atoms with Crippen molar-refractivity contribution < 1.29 is 9.52 Å². The summed E-state index contributed by atoms with van der Waals surface area (Å²) in [4.78, 5) is 14.4. The number of anilines is 1. The minimum Gasteiger partial charge on any atom is -0.508 e. The summed E-state index contributed by atoms with van der Waals surface area (Å²) in [5.74, 6) is 1.75. The van der Waals surface area contributed by atoms with Crippen molar-refractivity contribution in [1.82, 2.24) is 14.8 Å². The highest BCUT2D eigenvalue weighted by Crippen LogP contribution is 2.42. The smallest absolute Gasteiger partial charge is 0.336 e. The lowest BCUT2D eigenvalue weighted by molar-refractivity contribution is 0.466. The maximum absolute atomic E-state index is 12.0. The lowest BCUT2D eigenvalue weighted by Gasteiger charge is -2.18. The molecule has 3 aromatic rings. The standard InChI is InChI=1S/C21H24N4O3S/c1-2-13-9-16-14(10-19(27)28-18(16)11-17(13)26)12-29-21-23-22-20(24-7-3-4-8-24)25(21)15-5-6-15/h9-11,15,26H,2-8,12H2,1H3. The fraction of sp³-hybridized carbons (Fsp3) is 0.476. The summed E-state index contributed by atoms with van der Waals surface area (Å²) in [5, 5.41) is 20.9. The zero-order chi connectivity index (χ0) is 20.0. The molecule has 29 heavy (non-hydrogen) atoms. The highest BCUT2D eigenvalue weighted by molar-refractivity contribution is 7.98. The fourth-order valence-corrected chi connectivity index (χ4v) is 5.00. The molecule has 2 aromatic heterocycles.